The molecule has 1 aromatic heterocycles. The number of H-pyrrole nitrogens is 1. The second-order valence-electron chi connectivity index (χ2n) is 4.86. The predicted octanol–water partition coefficient (Wildman–Crippen LogP) is 3.56. The summed E-state index contributed by atoms with van der Waals surface area (Å²) in [5.74, 6) is -0.305. The maximum atomic E-state index is 13.0. The Balaban J connectivity index is 2.09. The van der Waals surface area contributed by atoms with Crippen LogP contribution in [0.15, 0.2) is 54.7 Å². The van der Waals surface area contributed by atoms with Gasteiger partial charge in [0.15, 0.2) is 0 Å². The van der Waals surface area contributed by atoms with Gasteiger partial charge in [0.2, 0.25) is 0 Å². The van der Waals surface area contributed by atoms with Crippen LogP contribution in [0.25, 0.3) is 10.9 Å². The molecule has 1 atom stereocenters. The lowest BCUT2D eigenvalue weighted by atomic mass is 9.88. The minimum Gasteiger partial charge on any atom is -0.381 e. The highest BCUT2D eigenvalue weighted by Gasteiger charge is 2.25. The van der Waals surface area contributed by atoms with E-state index < -0.39 is 5.60 Å². The monoisotopic (exact) mass is 255 g/mol. The van der Waals surface area contributed by atoms with Crippen LogP contribution in [0.2, 0.25) is 0 Å². The van der Waals surface area contributed by atoms with Gasteiger partial charge in [-0.3, -0.25) is 0 Å². The molecular formula is C16H14FNO. The minimum absolute atomic E-state index is 0.305. The van der Waals surface area contributed by atoms with Crippen LogP contribution in [-0.4, -0.2) is 10.1 Å². The zero-order valence-corrected chi connectivity index (χ0v) is 10.5. The van der Waals surface area contributed by atoms with Gasteiger partial charge in [-0.05, 0) is 53.8 Å². The fourth-order valence-electron chi connectivity index (χ4n) is 2.30. The van der Waals surface area contributed by atoms with Gasteiger partial charge in [-0.15, -0.1) is 0 Å². The van der Waals surface area contributed by atoms with Gasteiger partial charge in [-0.25, -0.2) is 4.39 Å². The molecule has 3 rings (SSSR count). The van der Waals surface area contributed by atoms with Crippen molar-refractivity contribution in [3.63, 3.8) is 0 Å². The van der Waals surface area contributed by atoms with Gasteiger partial charge in [-0.1, -0.05) is 18.2 Å². The fourth-order valence-corrected chi connectivity index (χ4v) is 2.30. The average molecular weight is 255 g/mol. The Kier molecular flexibility index (Phi) is 2.64. The fraction of sp³-hybridized carbons (Fsp3) is 0.125. The molecule has 0 aliphatic carbocycles. The summed E-state index contributed by atoms with van der Waals surface area (Å²) in [6.45, 7) is 1.72. The molecule has 1 heterocycles. The largest absolute Gasteiger partial charge is 0.381 e. The van der Waals surface area contributed by atoms with Gasteiger partial charge in [-0.2, -0.15) is 0 Å². The van der Waals surface area contributed by atoms with Crippen molar-refractivity contribution in [3.8, 4) is 0 Å². The van der Waals surface area contributed by atoms with Crippen LogP contribution < -0.4 is 0 Å². The van der Waals surface area contributed by atoms with Gasteiger partial charge in [0.05, 0.1) is 0 Å². The van der Waals surface area contributed by atoms with E-state index in [0.29, 0.717) is 5.56 Å². The number of fused-ring (bicyclic) bond motifs is 1. The van der Waals surface area contributed by atoms with Gasteiger partial charge < -0.3 is 10.1 Å². The van der Waals surface area contributed by atoms with E-state index in [9.17, 15) is 9.50 Å². The number of aromatic amines is 1. The Morgan fingerprint density at radius 2 is 1.68 bits per heavy atom. The number of aromatic nitrogens is 1. The molecule has 3 heteroatoms. The molecule has 0 bridgehead atoms. The molecule has 2 nitrogen and oxygen atoms in total. The highest BCUT2D eigenvalue weighted by atomic mass is 19.1. The molecule has 0 aliphatic rings. The molecule has 19 heavy (non-hydrogen) atoms. The van der Waals surface area contributed by atoms with Crippen molar-refractivity contribution >= 4 is 10.9 Å². The lowest BCUT2D eigenvalue weighted by Crippen LogP contribution is -2.22. The van der Waals surface area contributed by atoms with E-state index in [-0.39, 0.29) is 5.82 Å². The zero-order chi connectivity index (χ0) is 13.5. The summed E-state index contributed by atoms with van der Waals surface area (Å²) < 4.78 is 13.0. The zero-order valence-electron chi connectivity index (χ0n) is 10.5. The third kappa shape index (κ3) is 2.02. The third-order valence-corrected chi connectivity index (χ3v) is 3.52. The van der Waals surface area contributed by atoms with Crippen LogP contribution in [0.1, 0.15) is 18.1 Å². The Hall–Kier alpha value is -2.13. The van der Waals surface area contributed by atoms with E-state index >= 15 is 0 Å². The molecule has 96 valence electrons. The molecular weight excluding hydrogens is 241 g/mol. The normalized spacial score (nSPS) is 14.5. The van der Waals surface area contributed by atoms with Crippen LogP contribution in [0.4, 0.5) is 4.39 Å². The molecule has 0 aliphatic heterocycles. The topological polar surface area (TPSA) is 36.0 Å². The van der Waals surface area contributed by atoms with E-state index in [1.807, 2.05) is 30.5 Å². The summed E-state index contributed by atoms with van der Waals surface area (Å²) in [4.78, 5) is 3.11. The smallest absolute Gasteiger partial charge is 0.123 e. The SMILES string of the molecule is CC(O)(c1ccc(F)cc1)c1ccc2[nH]ccc2c1. The second-order valence-corrected chi connectivity index (χ2v) is 4.86. The first-order valence-electron chi connectivity index (χ1n) is 6.13. The van der Waals surface area contributed by atoms with Crippen molar-refractivity contribution in [2.45, 2.75) is 12.5 Å². The summed E-state index contributed by atoms with van der Waals surface area (Å²) in [6, 6.07) is 13.6. The highest BCUT2D eigenvalue weighted by molar-refractivity contribution is 5.80. The van der Waals surface area contributed by atoms with E-state index in [4.69, 9.17) is 0 Å². The van der Waals surface area contributed by atoms with Gasteiger partial charge >= 0.3 is 0 Å². The quantitative estimate of drug-likeness (QED) is 0.721. The molecule has 1 unspecified atom stereocenters. The van der Waals surface area contributed by atoms with Crippen LogP contribution in [0.5, 0.6) is 0 Å². The first-order chi connectivity index (χ1) is 9.07. The molecule has 0 spiro atoms. The Bertz CT molecular complexity index is 713. The number of rotatable bonds is 2. The van der Waals surface area contributed by atoms with Crippen LogP contribution in [-0.2, 0) is 5.60 Å². The molecule has 0 amide bonds. The molecule has 0 fully saturated rings. The average Bonchev–Trinajstić information content (AvgIpc) is 2.86. The Labute approximate surface area is 110 Å². The van der Waals surface area contributed by atoms with Gasteiger partial charge in [0.1, 0.15) is 11.4 Å². The molecule has 0 saturated carbocycles. The number of benzene rings is 2. The van der Waals surface area contributed by atoms with Gasteiger partial charge in [0, 0.05) is 11.7 Å². The number of aliphatic hydroxyl groups is 1. The third-order valence-electron chi connectivity index (χ3n) is 3.52. The lowest BCUT2D eigenvalue weighted by molar-refractivity contribution is 0.102. The summed E-state index contributed by atoms with van der Waals surface area (Å²) in [6.07, 6.45) is 1.86. The lowest BCUT2D eigenvalue weighted by Gasteiger charge is -2.24. The van der Waals surface area contributed by atoms with Crippen LogP contribution in [0, 0.1) is 5.82 Å². The number of hydrogen-bond donors (Lipinski definition) is 2. The number of nitrogens with one attached hydrogen (secondary N) is 1. The predicted molar refractivity (Wildman–Crippen MR) is 73.4 cm³/mol. The van der Waals surface area contributed by atoms with Crippen molar-refractivity contribution in [3.05, 3.63) is 71.7 Å². The minimum atomic E-state index is -1.14. The van der Waals surface area contributed by atoms with E-state index in [1.165, 1.54) is 12.1 Å². The first-order valence-corrected chi connectivity index (χ1v) is 6.13. The number of hydrogen-bond acceptors (Lipinski definition) is 1. The van der Waals surface area contributed by atoms with Crippen molar-refractivity contribution in [1.29, 1.82) is 0 Å². The first kappa shape index (κ1) is 11.9. The highest BCUT2D eigenvalue weighted by Crippen LogP contribution is 2.31. The number of halogens is 1. The summed E-state index contributed by atoms with van der Waals surface area (Å²) in [7, 11) is 0. The van der Waals surface area contributed by atoms with Crippen molar-refractivity contribution in [2.75, 3.05) is 0 Å². The van der Waals surface area contributed by atoms with Crippen molar-refractivity contribution in [2.24, 2.45) is 0 Å². The second kappa shape index (κ2) is 4.21. The van der Waals surface area contributed by atoms with E-state index in [0.717, 1.165) is 16.5 Å². The maximum Gasteiger partial charge on any atom is 0.123 e. The summed E-state index contributed by atoms with van der Waals surface area (Å²) in [5, 5.41) is 11.8. The van der Waals surface area contributed by atoms with Gasteiger partial charge in [0.25, 0.3) is 0 Å². The van der Waals surface area contributed by atoms with Crippen molar-refractivity contribution < 1.29 is 9.50 Å². The van der Waals surface area contributed by atoms with Crippen molar-refractivity contribution in [1.82, 2.24) is 4.98 Å². The summed E-state index contributed by atoms with van der Waals surface area (Å²) in [5.41, 5.74) is 1.34. The Morgan fingerprint density at radius 1 is 1.00 bits per heavy atom. The molecule has 2 N–H and O–H groups in total. The van der Waals surface area contributed by atoms with Crippen LogP contribution in [0.3, 0.4) is 0 Å². The Morgan fingerprint density at radius 3 is 2.42 bits per heavy atom. The summed E-state index contributed by atoms with van der Waals surface area (Å²) >= 11 is 0. The standard InChI is InChI=1S/C16H14FNO/c1-16(19,12-2-5-14(17)6-3-12)13-4-7-15-11(10-13)8-9-18-15/h2-10,18-19H,1H3. The molecule has 0 radical (unpaired) electrons. The molecule has 0 saturated heterocycles. The van der Waals surface area contributed by atoms with Crippen LogP contribution >= 0.6 is 0 Å². The molecule has 3 aromatic rings. The van der Waals surface area contributed by atoms with E-state index in [2.05, 4.69) is 4.98 Å². The molecule has 2 aromatic carbocycles. The van der Waals surface area contributed by atoms with E-state index in [1.54, 1.807) is 19.1 Å². The maximum absolute atomic E-state index is 13.0.